The molecule has 6 heteroatoms. The standard InChI is InChI=1S/C25H24ClN3OS/c1-14-7-6-8-22(17(14)4)29-16(3)12-19(18(29)5)13-23-24(30)28-25(31-23)27-21-10-9-20(26)11-15(21)2/h6-13H,1-5H3,(H,27,28,30)/b23-13-. The van der Waals surface area contributed by atoms with Crippen LogP contribution in [0.4, 0.5) is 5.69 Å². The number of halogens is 1. The number of nitrogens with one attached hydrogen (secondary N) is 1. The second kappa shape index (κ2) is 8.40. The van der Waals surface area contributed by atoms with Gasteiger partial charge in [-0.05, 0) is 105 Å². The minimum atomic E-state index is -0.132. The molecule has 1 fully saturated rings. The highest BCUT2D eigenvalue weighted by Gasteiger charge is 2.25. The van der Waals surface area contributed by atoms with Gasteiger partial charge in [0.05, 0.1) is 10.6 Å². The Labute approximate surface area is 192 Å². The maximum atomic E-state index is 12.6. The molecule has 158 valence electrons. The second-order valence-corrected chi connectivity index (χ2v) is 9.26. The number of rotatable bonds is 3. The Balaban J connectivity index is 1.67. The highest BCUT2D eigenvalue weighted by atomic mass is 35.5. The van der Waals surface area contributed by atoms with Crippen LogP contribution in [-0.2, 0) is 4.79 Å². The van der Waals surface area contributed by atoms with Crippen LogP contribution in [0.2, 0.25) is 5.02 Å². The first-order chi connectivity index (χ1) is 14.7. The molecule has 1 aliphatic rings. The first kappa shape index (κ1) is 21.5. The fourth-order valence-electron chi connectivity index (χ4n) is 3.76. The number of aliphatic imine (C=N–C) groups is 1. The largest absolute Gasteiger partial charge is 0.318 e. The summed E-state index contributed by atoms with van der Waals surface area (Å²) in [5, 5.41) is 4.11. The predicted octanol–water partition coefficient (Wildman–Crippen LogP) is 6.56. The van der Waals surface area contributed by atoms with Gasteiger partial charge < -0.3 is 9.88 Å². The van der Waals surface area contributed by atoms with E-state index in [1.54, 1.807) is 6.07 Å². The molecule has 1 amide bonds. The van der Waals surface area contributed by atoms with Crippen LogP contribution in [0.15, 0.2) is 52.4 Å². The monoisotopic (exact) mass is 449 g/mol. The smallest absolute Gasteiger partial charge is 0.264 e. The number of aryl methyl sites for hydroxylation is 3. The number of hydrogen-bond acceptors (Lipinski definition) is 3. The average molecular weight is 450 g/mol. The van der Waals surface area contributed by atoms with Crippen molar-refractivity contribution >= 4 is 46.2 Å². The van der Waals surface area contributed by atoms with Crippen molar-refractivity contribution in [1.82, 2.24) is 9.88 Å². The molecule has 2 heterocycles. The van der Waals surface area contributed by atoms with Gasteiger partial charge in [-0.3, -0.25) is 4.79 Å². The average Bonchev–Trinajstić information content (AvgIpc) is 3.19. The summed E-state index contributed by atoms with van der Waals surface area (Å²) < 4.78 is 2.25. The van der Waals surface area contributed by atoms with E-state index in [1.807, 2.05) is 25.1 Å². The minimum absolute atomic E-state index is 0.132. The van der Waals surface area contributed by atoms with Gasteiger partial charge in [0.15, 0.2) is 5.17 Å². The van der Waals surface area contributed by atoms with Crippen LogP contribution >= 0.6 is 23.4 Å². The highest BCUT2D eigenvalue weighted by Crippen LogP contribution is 2.32. The molecule has 3 aromatic rings. The Bertz CT molecular complexity index is 1270. The zero-order chi connectivity index (χ0) is 22.3. The molecule has 4 rings (SSSR count). The van der Waals surface area contributed by atoms with Crippen molar-refractivity contribution in [3.63, 3.8) is 0 Å². The molecule has 1 saturated heterocycles. The summed E-state index contributed by atoms with van der Waals surface area (Å²) in [6, 6.07) is 14.0. The van der Waals surface area contributed by atoms with E-state index in [1.165, 1.54) is 28.6 Å². The fraction of sp³-hybridized carbons (Fsp3) is 0.200. The number of thioether (sulfide) groups is 1. The van der Waals surface area contributed by atoms with Crippen molar-refractivity contribution in [3.8, 4) is 5.69 Å². The van der Waals surface area contributed by atoms with Crippen molar-refractivity contribution in [3.05, 3.63) is 86.0 Å². The van der Waals surface area contributed by atoms with Crippen LogP contribution in [0.3, 0.4) is 0 Å². The van der Waals surface area contributed by atoms with Gasteiger partial charge in [-0.1, -0.05) is 23.7 Å². The van der Waals surface area contributed by atoms with Gasteiger partial charge in [0.2, 0.25) is 0 Å². The molecule has 0 atom stereocenters. The third kappa shape index (κ3) is 4.21. The predicted molar refractivity (Wildman–Crippen MR) is 132 cm³/mol. The Hall–Kier alpha value is -2.76. The Morgan fingerprint density at radius 1 is 1.03 bits per heavy atom. The van der Waals surface area contributed by atoms with E-state index < -0.39 is 0 Å². The molecule has 31 heavy (non-hydrogen) atoms. The highest BCUT2D eigenvalue weighted by molar-refractivity contribution is 8.18. The third-order valence-electron chi connectivity index (χ3n) is 5.61. The lowest BCUT2D eigenvalue weighted by atomic mass is 10.1. The normalized spacial score (nSPS) is 16.4. The van der Waals surface area contributed by atoms with Gasteiger partial charge in [0, 0.05) is 22.1 Å². The molecule has 0 saturated carbocycles. The molecule has 0 bridgehead atoms. The van der Waals surface area contributed by atoms with Crippen LogP contribution in [0.1, 0.15) is 33.6 Å². The van der Waals surface area contributed by atoms with Crippen molar-refractivity contribution in [1.29, 1.82) is 0 Å². The van der Waals surface area contributed by atoms with Crippen LogP contribution in [0.25, 0.3) is 11.8 Å². The zero-order valence-electron chi connectivity index (χ0n) is 18.2. The summed E-state index contributed by atoms with van der Waals surface area (Å²) in [7, 11) is 0. The molecule has 4 nitrogen and oxygen atoms in total. The molecular formula is C25H24ClN3OS. The molecule has 0 aliphatic carbocycles. The van der Waals surface area contributed by atoms with Gasteiger partial charge >= 0.3 is 0 Å². The first-order valence-electron chi connectivity index (χ1n) is 10.1. The quantitative estimate of drug-likeness (QED) is 0.460. The number of aromatic nitrogens is 1. The number of benzene rings is 2. The van der Waals surface area contributed by atoms with E-state index in [9.17, 15) is 4.79 Å². The van der Waals surface area contributed by atoms with Crippen LogP contribution in [0.5, 0.6) is 0 Å². The van der Waals surface area contributed by atoms with Gasteiger partial charge in [-0.25, -0.2) is 4.99 Å². The summed E-state index contributed by atoms with van der Waals surface area (Å²) in [6.07, 6.45) is 1.95. The van der Waals surface area contributed by atoms with Gasteiger partial charge in [-0.15, -0.1) is 0 Å². The fourth-order valence-corrected chi connectivity index (χ4v) is 4.81. The maximum Gasteiger partial charge on any atom is 0.264 e. The summed E-state index contributed by atoms with van der Waals surface area (Å²) in [5.74, 6) is -0.132. The Morgan fingerprint density at radius 2 is 1.81 bits per heavy atom. The van der Waals surface area contributed by atoms with E-state index >= 15 is 0 Å². The van der Waals surface area contributed by atoms with E-state index in [2.05, 4.69) is 66.8 Å². The molecular weight excluding hydrogens is 426 g/mol. The number of hydrogen-bond donors (Lipinski definition) is 1. The number of carbonyl (C=O) groups is 1. The molecule has 0 spiro atoms. The lowest BCUT2D eigenvalue weighted by Crippen LogP contribution is -2.19. The summed E-state index contributed by atoms with van der Waals surface area (Å²) in [5.41, 5.74) is 8.70. The van der Waals surface area contributed by atoms with E-state index in [0.717, 1.165) is 28.2 Å². The Kier molecular flexibility index (Phi) is 5.82. The van der Waals surface area contributed by atoms with Crippen LogP contribution in [0, 0.1) is 34.6 Å². The SMILES string of the molecule is Cc1cc(Cl)ccc1N=C1NC(=O)/C(=C/c2cc(C)n(-c3cccc(C)c3C)c2C)S1. The maximum absolute atomic E-state index is 12.6. The first-order valence-corrected chi connectivity index (χ1v) is 11.3. The topological polar surface area (TPSA) is 46.4 Å². The number of carbonyl (C=O) groups excluding carboxylic acids is 1. The summed E-state index contributed by atoms with van der Waals surface area (Å²) in [4.78, 5) is 17.8. The molecule has 1 N–H and O–H groups in total. The zero-order valence-corrected chi connectivity index (χ0v) is 19.8. The van der Waals surface area contributed by atoms with Gasteiger partial charge in [-0.2, -0.15) is 0 Å². The summed E-state index contributed by atoms with van der Waals surface area (Å²) >= 11 is 7.38. The molecule has 1 aromatic heterocycles. The number of amides is 1. The van der Waals surface area contributed by atoms with E-state index in [-0.39, 0.29) is 5.91 Å². The summed E-state index contributed by atoms with van der Waals surface area (Å²) in [6.45, 7) is 10.4. The van der Waals surface area contributed by atoms with Gasteiger partial charge in [0.25, 0.3) is 5.91 Å². The second-order valence-electron chi connectivity index (χ2n) is 7.79. The molecule has 1 aliphatic heterocycles. The minimum Gasteiger partial charge on any atom is -0.318 e. The van der Waals surface area contributed by atoms with Crippen molar-refractivity contribution in [2.45, 2.75) is 34.6 Å². The third-order valence-corrected chi connectivity index (χ3v) is 6.75. The number of amidine groups is 1. The van der Waals surface area contributed by atoms with E-state index in [0.29, 0.717) is 15.1 Å². The number of nitrogens with zero attached hydrogens (tertiary/aromatic N) is 2. The van der Waals surface area contributed by atoms with Crippen LogP contribution < -0.4 is 5.32 Å². The van der Waals surface area contributed by atoms with Crippen molar-refractivity contribution < 1.29 is 4.79 Å². The molecule has 2 aromatic carbocycles. The van der Waals surface area contributed by atoms with Crippen molar-refractivity contribution in [2.24, 2.45) is 4.99 Å². The molecule has 0 radical (unpaired) electrons. The molecule has 0 unspecified atom stereocenters. The Morgan fingerprint density at radius 3 is 2.55 bits per heavy atom. The lowest BCUT2D eigenvalue weighted by molar-refractivity contribution is -0.115. The van der Waals surface area contributed by atoms with E-state index in [4.69, 9.17) is 11.6 Å². The lowest BCUT2D eigenvalue weighted by Gasteiger charge is -2.14. The van der Waals surface area contributed by atoms with Gasteiger partial charge in [0.1, 0.15) is 0 Å². The van der Waals surface area contributed by atoms with Crippen LogP contribution in [-0.4, -0.2) is 15.6 Å². The van der Waals surface area contributed by atoms with Crippen molar-refractivity contribution in [2.75, 3.05) is 0 Å².